The number of carbonyl (C=O) groups is 2. The van der Waals surface area contributed by atoms with Gasteiger partial charge in [-0.2, -0.15) is 0 Å². The minimum Gasteiger partial charge on any atom is -0.469 e. The summed E-state index contributed by atoms with van der Waals surface area (Å²) in [6.07, 6.45) is 0.726. The fraction of sp³-hybridized carbons (Fsp3) is 0.818. The number of methoxy groups -OCH3 is 1. The SMILES string of the molecule is CCC(=O)N(CCC(=O)OC)CCN(C)C. The fourth-order valence-corrected chi connectivity index (χ4v) is 1.23. The molecule has 5 heteroatoms. The van der Waals surface area contributed by atoms with Crippen LogP contribution in [0.2, 0.25) is 0 Å². The Morgan fingerprint density at radius 2 is 1.75 bits per heavy atom. The number of hydrogen-bond acceptors (Lipinski definition) is 4. The summed E-state index contributed by atoms with van der Waals surface area (Å²) in [6.45, 7) is 3.71. The van der Waals surface area contributed by atoms with Crippen LogP contribution in [0.4, 0.5) is 0 Å². The Hall–Kier alpha value is -1.10. The highest BCUT2D eigenvalue weighted by Gasteiger charge is 2.13. The molecule has 0 aliphatic carbocycles. The van der Waals surface area contributed by atoms with E-state index in [-0.39, 0.29) is 18.3 Å². The van der Waals surface area contributed by atoms with Gasteiger partial charge in [-0.3, -0.25) is 9.59 Å². The number of esters is 1. The van der Waals surface area contributed by atoms with Gasteiger partial charge in [-0.05, 0) is 14.1 Å². The van der Waals surface area contributed by atoms with Gasteiger partial charge in [0.1, 0.15) is 0 Å². The van der Waals surface area contributed by atoms with E-state index in [1.54, 1.807) is 4.90 Å². The molecule has 0 bridgehead atoms. The first-order valence-electron chi connectivity index (χ1n) is 5.50. The van der Waals surface area contributed by atoms with E-state index in [2.05, 4.69) is 4.74 Å². The summed E-state index contributed by atoms with van der Waals surface area (Å²) in [7, 11) is 5.26. The summed E-state index contributed by atoms with van der Waals surface area (Å²) < 4.78 is 4.55. The van der Waals surface area contributed by atoms with E-state index < -0.39 is 0 Å². The zero-order valence-electron chi connectivity index (χ0n) is 10.7. The van der Waals surface area contributed by atoms with Crippen LogP contribution in [0.25, 0.3) is 0 Å². The van der Waals surface area contributed by atoms with Crippen LogP contribution in [0.1, 0.15) is 19.8 Å². The second-order valence-electron chi connectivity index (χ2n) is 3.86. The van der Waals surface area contributed by atoms with Crippen molar-refractivity contribution in [1.82, 2.24) is 9.80 Å². The van der Waals surface area contributed by atoms with Crippen molar-refractivity contribution in [1.29, 1.82) is 0 Å². The first-order valence-corrected chi connectivity index (χ1v) is 5.50. The maximum atomic E-state index is 11.6. The molecule has 0 aromatic heterocycles. The van der Waals surface area contributed by atoms with Gasteiger partial charge in [0.2, 0.25) is 5.91 Å². The van der Waals surface area contributed by atoms with Gasteiger partial charge in [-0.25, -0.2) is 0 Å². The van der Waals surface area contributed by atoms with Gasteiger partial charge in [0.05, 0.1) is 13.5 Å². The molecular formula is C11H22N2O3. The van der Waals surface area contributed by atoms with E-state index in [4.69, 9.17) is 0 Å². The Morgan fingerprint density at radius 1 is 1.12 bits per heavy atom. The number of amides is 1. The van der Waals surface area contributed by atoms with E-state index in [0.717, 1.165) is 6.54 Å². The van der Waals surface area contributed by atoms with E-state index in [1.165, 1.54) is 7.11 Å². The Morgan fingerprint density at radius 3 is 2.19 bits per heavy atom. The molecule has 0 aliphatic rings. The molecule has 0 heterocycles. The number of rotatable bonds is 7. The summed E-state index contributed by atoms with van der Waals surface area (Å²) in [5, 5.41) is 0. The third kappa shape index (κ3) is 6.40. The number of nitrogens with zero attached hydrogens (tertiary/aromatic N) is 2. The van der Waals surface area contributed by atoms with Gasteiger partial charge in [-0.15, -0.1) is 0 Å². The molecule has 0 aromatic rings. The van der Waals surface area contributed by atoms with Crippen molar-refractivity contribution in [2.75, 3.05) is 40.8 Å². The molecule has 1 amide bonds. The maximum absolute atomic E-state index is 11.6. The van der Waals surface area contributed by atoms with E-state index >= 15 is 0 Å². The highest BCUT2D eigenvalue weighted by Crippen LogP contribution is 1.98. The quantitative estimate of drug-likeness (QED) is 0.592. The lowest BCUT2D eigenvalue weighted by Gasteiger charge is -2.23. The summed E-state index contributed by atoms with van der Waals surface area (Å²) in [5.41, 5.74) is 0. The summed E-state index contributed by atoms with van der Waals surface area (Å²) in [6, 6.07) is 0. The molecule has 0 fully saturated rings. The van der Waals surface area contributed by atoms with Gasteiger partial charge in [-0.1, -0.05) is 6.92 Å². The standard InChI is InChI=1S/C11H22N2O3/c1-5-10(14)13(9-8-12(2)3)7-6-11(15)16-4/h5-9H2,1-4H3. The van der Waals surface area contributed by atoms with Gasteiger partial charge >= 0.3 is 5.97 Å². The Bertz CT molecular complexity index is 229. The van der Waals surface area contributed by atoms with E-state index in [9.17, 15) is 9.59 Å². The zero-order valence-corrected chi connectivity index (χ0v) is 10.7. The van der Waals surface area contributed by atoms with Crippen molar-refractivity contribution in [2.45, 2.75) is 19.8 Å². The van der Waals surface area contributed by atoms with Crippen LogP contribution in [0.5, 0.6) is 0 Å². The molecular weight excluding hydrogens is 208 g/mol. The van der Waals surface area contributed by atoms with Crippen molar-refractivity contribution >= 4 is 11.9 Å². The molecule has 0 atom stereocenters. The molecule has 0 aromatic carbocycles. The molecule has 0 N–H and O–H groups in total. The second kappa shape index (κ2) is 8.10. The lowest BCUT2D eigenvalue weighted by Crippen LogP contribution is -2.37. The molecule has 5 nitrogen and oxygen atoms in total. The number of hydrogen-bond donors (Lipinski definition) is 0. The molecule has 0 saturated heterocycles. The summed E-state index contributed by atoms with van der Waals surface area (Å²) >= 11 is 0. The van der Waals surface area contributed by atoms with Crippen LogP contribution >= 0.6 is 0 Å². The Labute approximate surface area is 97.3 Å². The predicted molar refractivity (Wildman–Crippen MR) is 62.1 cm³/mol. The number of carbonyl (C=O) groups excluding carboxylic acids is 2. The lowest BCUT2D eigenvalue weighted by atomic mass is 10.3. The molecule has 0 rings (SSSR count). The molecule has 94 valence electrons. The Balaban J connectivity index is 4.10. The normalized spacial score (nSPS) is 10.3. The van der Waals surface area contributed by atoms with Crippen LogP contribution in [0.15, 0.2) is 0 Å². The largest absolute Gasteiger partial charge is 0.469 e. The second-order valence-corrected chi connectivity index (χ2v) is 3.86. The van der Waals surface area contributed by atoms with Crippen molar-refractivity contribution in [3.05, 3.63) is 0 Å². The molecule has 0 unspecified atom stereocenters. The zero-order chi connectivity index (χ0) is 12.6. The summed E-state index contributed by atoms with van der Waals surface area (Å²) in [4.78, 5) is 26.3. The minimum atomic E-state index is -0.279. The fourth-order valence-electron chi connectivity index (χ4n) is 1.23. The first kappa shape index (κ1) is 14.9. The van der Waals surface area contributed by atoms with Gasteiger partial charge in [0, 0.05) is 26.1 Å². The van der Waals surface area contributed by atoms with E-state index in [0.29, 0.717) is 19.5 Å². The predicted octanol–water partition coefficient (Wildman–Crippen LogP) is 0.350. The average Bonchev–Trinajstić information content (AvgIpc) is 2.27. The van der Waals surface area contributed by atoms with Crippen molar-refractivity contribution in [3.8, 4) is 0 Å². The van der Waals surface area contributed by atoms with E-state index in [1.807, 2.05) is 25.9 Å². The van der Waals surface area contributed by atoms with Crippen molar-refractivity contribution in [3.63, 3.8) is 0 Å². The molecule has 0 spiro atoms. The smallest absolute Gasteiger partial charge is 0.307 e. The van der Waals surface area contributed by atoms with Crippen LogP contribution in [0.3, 0.4) is 0 Å². The monoisotopic (exact) mass is 230 g/mol. The van der Waals surface area contributed by atoms with Gasteiger partial charge in [0.15, 0.2) is 0 Å². The maximum Gasteiger partial charge on any atom is 0.307 e. The molecule has 0 saturated carbocycles. The van der Waals surface area contributed by atoms with Crippen LogP contribution in [-0.2, 0) is 14.3 Å². The molecule has 0 radical (unpaired) electrons. The lowest BCUT2D eigenvalue weighted by molar-refractivity contribution is -0.141. The topological polar surface area (TPSA) is 49.9 Å². The van der Waals surface area contributed by atoms with Crippen LogP contribution in [0, 0.1) is 0 Å². The third-order valence-corrected chi connectivity index (χ3v) is 2.29. The Kier molecular flexibility index (Phi) is 7.54. The van der Waals surface area contributed by atoms with Gasteiger partial charge < -0.3 is 14.5 Å². The number of likely N-dealkylation sites (N-methyl/N-ethyl adjacent to an activating group) is 1. The van der Waals surface area contributed by atoms with Crippen LogP contribution in [-0.4, -0.2) is 62.5 Å². The third-order valence-electron chi connectivity index (χ3n) is 2.29. The van der Waals surface area contributed by atoms with Crippen LogP contribution < -0.4 is 0 Å². The molecule has 16 heavy (non-hydrogen) atoms. The van der Waals surface area contributed by atoms with Gasteiger partial charge in [0.25, 0.3) is 0 Å². The average molecular weight is 230 g/mol. The minimum absolute atomic E-state index is 0.0748. The number of ether oxygens (including phenoxy) is 1. The highest BCUT2D eigenvalue weighted by molar-refractivity contribution is 5.77. The first-order chi connectivity index (χ1) is 7.51. The summed E-state index contributed by atoms with van der Waals surface area (Å²) in [5.74, 6) is -0.204. The van der Waals surface area contributed by atoms with Crippen molar-refractivity contribution in [2.24, 2.45) is 0 Å². The highest BCUT2D eigenvalue weighted by atomic mass is 16.5. The molecule has 0 aliphatic heterocycles. The van der Waals surface area contributed by atoms with Crippen molar-refractivity contribution < 1.29 is 14.3 Å².